The summed E-state index contributed by atoms with van der Waals surface area (Å²) in [5, 5.41) is 10.2. The SMILES string of the molecule is NNc1c(F)cccc1C(=O)NCCCn1ccnn1. The van der Waals surface area contributed by atoms with Crippen molar-refractivity contribution in [1.82, 2.24) is 20.3 Å². The molecule has 0 spiro atoms. The molecule has 0 saturated heterocycles. The van der Waals surface area contributed by atoms with Crippen molar-refractivity contribution in [2.45, 2.75) is 13.0 Å². The zero-order valence-corrected chi connectivity index (χ0v) is 10.7. The van der Waals surface area contributed by atoms with E-state index in [1.54, 1.807) is 17.1 Å². The van der Waals surface area contributed by atoms with Gasteiger partial charge in [-0.05, 0) is 18.6 Å². The number of hydrogen-bond donors (Lipinski definition) is 3. The molecule has 4 N–H and O–H groups in total. The van der Waals surface area contributed by atoms with E-state index in [0.29, 0.717) is 19.5 Å². The summed E-state index contributed by atoms with van der Waals surface area (Å²) in [6.45, 7) is 1.09. The number of hydrogen-bond acceptors (Lipinski definition) is 5. The monoisotopic (exact) mass is 278 g/mol. The zero-order valence-electron chi connectivity index (χ0n) is 10.7. The van der Waals surface area contributed by atoms with Gasteiger partial charge in [0.1, 0.15) is 5.82 Å². The van der Waals surface area contributed by atoms with Crippen LogP contribution in [0.4, 0.5) is 10.1 Å². The van der Waals surface area contributed by atoms with Gasteiger partial charge in [0.2, 0.25) is 0 Å². The van der Waals surface area contributed by atoms with E-state index in [1.807, 2.05) is 0 Å². The van der Waals surface area contributed by atoms with Gasteiger partial charge in [-0.15, -0.1) is 5.10 Å². The molecule has 1 aromatic heterocycles. The number of aromatic nitrogens is 3. The number of nitrogens with two attached hydrogens (primary N) is 1. The van der Waals surface area contributed by atoms with Crippen LogP contribution in [0, 0.1) is 5.82 Å². The number of nitrogens with zero attached hydrogens (tertiary/aromatic N) is 3. The second-order valence-corrected chi connectivity index (χ2v) is 4.08. The Hall–Kier alpha value is -2.48. The highest BCUT2D eigenvalue weighted by Gasteiger charge is 2.13. The van der Waals surface area contributed by atoms with Crippen molar-refractivity contribution in [2.24, 2.45) is 5.84 Å². The largest absolute Gasteiger partial charge is 0.352 e. The minimum absolute atomic E-state index is 0.0127. The normalized spacial score (nSPS) is 10.3. The van der Waals surface area contributed by atoms with Gasteiger partial charge in [0.25, 0.3) is 5.91 Å². The van der Waals surface area contributed by atoms with Crippen molar-refractivity contribution in [2.75, 3.05) is 12.0 Å². The molecule has 1 amide bonds. The minimum Gasteiger partial charge on any atom is -0.352 e. The minimum atomic E-state index is -0.567. The van der Waals surface area contributed by atoms with Gasteiger partial charge >= 0.3 is 0 Å². The average Bonchev–Trinajstić information content (AvgIpc) is 2.96. The number of hydrazine groups is 1. The van der Waals surface area contributed by atoms with Crippen molar-refractivity contribution in [3.05, 3.63) is 42.0 Å². The fraction of sp³-hybridized carbons (Fsp3) is 0.250. The molecular formula is C12H15FN6O. The van der Waals surface area contributed by atoms with Crippen molar-refractivity contribution in [3.8, 4) is 0 Å². The highest BCUT2D eigenvalue weighted by atomic mass is 19.1. The summed E-state index contributed by atoms with van der Waals surface area (Å²) < 4.78 is 15.1. The maximum absolute atomic E-state index is 13.4. The summed E-state index contributed by atoms with van der Waals surface area (Å²) >= 11 is 0. The van der Waals surface area contributed by atoms with Crippen LogP contribution in [-0.4, -0.2) is 27.4 Å². The number of para-hydroxylation sites is 1. The molecule has 0 atom stereocenters. The summed E-state index contributed by atoms with van der Waals surface area (Å²) in [6, 6.07) is 4.20. The molecule has 0 aliphatic rings. The summed E-state index contributed by atoms with van der Waals surface area (Å²) in [5.74, 6) is 4.27. The molecule has 0 bridgehead atoms. The highest BCUT2D eigenvalue weighted by molar-refractivity contribution is 5.99. The number of nitrogen functional groups attached to an aromatic ring is 1. The molecule has 0 radical (unpaired) electrons. The van der Waals surface area contributed by atoms with Crippen LogP contribution in [0.15, 0.2) is 30.6 Å². The Bertz CT molecular complexity index is 571. The first kappa shape index (κ1) is 13.9. The summed E-state index contributed by atoms with van der Waals surface area (Å²) in [5.41, 5.74) is 2.36. The number of nitrogens with one attached hydrogen (secondary N) is 2. The van der Waals surface area contributed by atoms with Crippen molar-refractivity contribution >= 4 is 11.6 Å². The third-order valence-corrected chi connectivity index (χ3v) is 2.72. The van der Waals surface area contributed by atoms with Gasteiger partial charge in [0, 0.05) is 19.3 Å². The molecule has 106 valence electrons. The van der Waals surface area contributed by atoms with Crippen LogP contribution >= 0.6 is 0 Å². The van der Waals surface area contributed by atoms with E-state index < -0.39 is 5.82 Å². The van der Waals surface area contributed by atoms with Crippen molar-refractivity contribution in [3.63, 3.8) is 0 Å². The molecule has 7 nitrogen and oxygen atoms in total. The molecule has 2 rings (SSSR count). The number of anilines is 1. The van der Waals surface area contributed by atoms with Gasteiger partial charge in [-0.2, -0.15) is 0 Å². The lowest BCUT2D eigenvalue weighted by Gasteiger charge is -2.10. The topological polar surface area (TPSA) is 97.9 Å². The highest BCUT2D eigenvalue weighted by Crippen LogP contribution is 2.18. The van der Waals surface area contributed by atoms with Crippen molar-refractivity contribution in [1.29, 1.82) is 0 Å². The molecule has 2 aromatic rings. The Balaban J connectivity index is 1.87. The standard InChI is InChI=1S/C12H15FN6O/c13-10-4-1-3-9(11(10)17-14)12(20)15-5-2-7-19-8-6-16-18-19/h1,3-4,6,8,17H,2,5,7,14H2,(H,15,20). The lowest BCUT2D eigenvalue weighted by molar-refractivity contribution is 0.0953. The predicted octanol–water partition coefficient (Wildman–Crippen LogP) is 0.523. The Morgan fingerprint density at radius 2 is 2.30 bits per heavy atom. The van der Waals surface area contributed by atoms with Crippen LogP contribution in [0.3, 0.4) is 0 Å². The van der Waals surface area contributed by atoms with Crippen molar-refractivity contribution < 1.29 is 9.18 Å². The van der Waals surface area contributed by atoms with Crippen LogP contribution < -0.4 is 16.6 Å². The van der Waals surface area contributed by atoms with E-state index in [1.165, 1.54) is 18.2 Å². The van der Waals surface area contributed by atoms with Gasteiger partial charge in [-0.3, -0.25) is 15.3 Å². The van der Waals surface area contributed by atoms with Crippen LogP contribution in [0.5, 0.6) is 0 Å². The lowest BCUT2D eigenvalue weighted by Crippen LogP contribution is -2.27. The summed E-state index contributed by atoms with van der Waals surface area (Å²) in [4.78, 5) is 11.9. The van der Waals surface area contributed by atoms with Crippen LogP contribution in [0.2, 0.25) is 0 Å². The maximum Gasteiger partial charge on any atom is 0.253 e. The van der Waals surface area contributed by atoms with E-state index in [0.717, 1.165) is 0 Å². The number of carbonyl (C=O) groups excluding carboxylic acids is 1. The molecule has 8 heteroatoms. The van der Waals surface area contributed by atoms with Crippen LogP contribution in [0.25, 0.3) is 0 Å². The number of aryl methyl sites for hydroxylation is 1. The third kappa shape index (κ3) is 3.29. The molecule has 1 heterocycles. The number of halogens is 1. The Morgan fingerprint density at radius 3 is 3.00 bits per heavy atom. The molecule has 1 aromatic carbocycles. The van der Waals surface area contributed by atoms with Crippen LogP contribution in [0.1, 0.15) is 16.8 Å². The quantitative estimate of drug-likeness (QED) is 0.406. The first-order valence-electron chi connectivity index (χ1n) is 6.10. The Labute approximate surface area is 114 Å². The first-order valence-corrected chi connectivity index (χ1v) is 6.10. The number of amides is 1. The Morgan fingerprint density at radius 1 is 1.45 bits per heavy atom. The van der Waals surface area contributed by atoms with E-state index in [2.05, 4.69) is 21.1 Å². The first-order chi connectivity index (χ1) is 9.72. The summed E-state index contributed by atoms with van der Waals surface area (Å²) in [7, 11) is 0. The molecule has 20 heavy (non-hydrogen) atoms. The summed E-state index contributed by atoms with van der Waals surface area (Å²) in [6.07, 6.45) is 4.02. The smallest absolute Gasteiger partial charge is 0.253 e. The van der Waals surface area contributed by atoms with Gasteiger partial charge < -0.3 is 10.7 Å². The van der Waals surface area contributed by atoms with Gasteiger partial charge in [0.15, 0.2) is 0 Å². The van der Waals surface area contributed by atoms with Gasteiger partial charge in [0.05, 0.1) is 17.4 Å². The van der Waals surface area contributed by atoms with Crippen LogP contribution in [-0.2, 0) is 6.54 Å². The fourth-order valence-electron chi connectivity index (χ4n) is 1.75. The molecule has 0 unspecified atom stereocenters. The number of benzene rings is 1. The second kappa shape index (κ2) is 6.62. The fourth-order valence-corrected chi connectivity index (χ4v) is 1.75. The zero-order chi connectivity index (χ0) is 14.4. The van der Waals surface area contributed by atoms with E-state index in [4.69, 9.17) is 5.84 Å². The molecule has 0 saturated carbocycles. The van der Waals surface area contributed by atoms with Gasteiger partial charge in [-0.1, -0.05) is 11.3 Å². The molecular weight excluding hydrogens is 263 g/mol. The molecule has 0 fully saturated rings. The van der Waals surface area contributed by atoms with E-state index in [-0.39, 0.29) is 17.2 Å². The number of rotatable bonds is 6. The average molecular weight is 278 g/mol. The van der Waals surface area contributed by atoms with E-state index >= 15 is 0 Å². The molecule has 0 aliphatic heterocycles. The third-order valence-electron chi connectivity index (χ3n) is 2.72. The molecule has 0 aliphatic carbocycles. The number of carbonyl (C=O) groups is 1. The predicted molar refractivity (Wildman–Crippen MR) is 71.2 cm³/mol. The second-order valence-electron chi connectivity index (χ2n) is 4.08. The van der Waals surface area contributed by atoms with E-state index in [9.17, 15) is 9.18 Å². The van der Waals surface area contributed by atoms with Gasteiger partial charge in [-0.25, -0.2) is 4.39 Å². The Kier molecular flexibility index (Phi) is 4.61. The maximum atomic E-state index is 13.4. The lowest BCUT2D eigenvalue weighted by atomic mass is 10.1.